The van der Waals surface area contributed by atoms with E-state index in [1.54, 1.807) is 18.2 Å². The molecule has 1 aliphatic heterocycles. The summed E-state index contributed by atoms with van der Waals surface area (Å²) in [5, 5.41) is 3.53. The first kappa shape index (κ1) is 12.9. The number of amides is 1. The molecule has 1 amide bonds. The predicted molar refractivity (Wildman–Crippen MR) is 71.3 cm³/mol. The summed E-state index contributed by atoms with van der Waals surface area (Å²) >= 11 is 9.22. The van der Waals surface area contributed by atoms with Crippen LogP contribution in [0, 0.1) is 5.92 Å². The zero-order valence-corrected chi connectivity index (χ0v) is 11.6. The van der Waals surface area contributed by atoms with E-state index in [-0.39, 0.29) is 11.8 Å². The Labute approximate surface area is 114 Å². The van der Waals surface area contributed by atoms with Crippen molar-refractivity contribution < 1.29 is 9.53 Å². The maximum Gasteiger partial charge on any atom is 0.227 e. The Morgan fingerprint density at radius 1 is 1.41 bits per heavy atom. The molecule has 1 fully saturated rings. The molecule has 5 heteroatoms. The van der Waals surface area contributed by atoms with Crippen molar-refractivity contribution in [2.24, 2.45) is 5.92 Å². The summed E-state index contributed by atoms with van der Waals surface area (Å²) in [6.07, 6.45) is 1.58. The van der Waals surface area contributed by atoms with Crippen LogP contribution in [0.5, 0.6) is 0 Å². The quantitative estimate of drug-likeness (QED) is 0.907. The van der Waals surface area contributed by atoms with Gasteiger partial charge in [0.2, 0.25) is 5.91 Å². The third-order valence-corrected chi connectivity index (χ3v) is 3.99. The largest absolute Gasteiger partial charge is 0.381 e. The second-order valence-corrected chi connectivity index (χ2v) is 5.27. The zero-order chi connectivity index (χ0) is 12.3. The Morgan fingerprint density at radius 2 is 2.12 bits per heavy atom. The predicted octanol–water partition coefficient (Wildman–Crippen LogP) is 3.47. The number of anilines is 1. The first-order valence-corrected chi connectivity index (χ1v) is 6.67. The van der Waals surface area contributed by atoms with E-state index in [0.29, 0.717) is 18.2 Å². The van der Waals surface area contributed by atoms with Crippen molar-refractivity contribution >= 4 is 39.1 Å². The second-order valence-electron chi connectivity index (χ2n) is 4.00. The SMILES string of the molecule is O=C(Nc1ccc(Cl)c(Br)c1)C1CCOCC1. The minimum Gasteiger partial charge on any atom is -0.381 e. The minimum absolute atomic E-state index is 0.0539. The fourth-order valence-electron chi connectivity index (χ4n) is 1.78. The lowest BCUT2D eigenvalue weighted by Crippen LogP contribution is -2.28. The van der Waals surface area contributed by atoms with Crippen LogP contribution in [0.1, 0.15) is 12.8 Å². The lowest BCUT2D eigenvalue weighted by molar-refractivity contribution is -0.122. The highest BCUT2D eigenvalue weighted by molar-refractivity contribution is 9.10. The van der Waals surface area contributed by atoms with Gasteiger partial charge in [-0.3, -0.25) is 4.79 Å². The molecule has 1 aromatic rings. The summed E-state index contributed by atoms with van der Waals surface area (Å²) in [6, 6.07) is 5.36. The number of halogens is 2. The lowest BCUT2D eigenvalue weighted by atomic mass is 9.99. The number of ether oxygens (including phenoxy) is 1. The standard InChI is InChI=1S/C12H13BrClNO2/c13-10-7-9(1-2-11(10)14)15-12(16)8-3-5-17-6-4-8/h1-2,7-8H,3-6H2,(H,15,16). The van der Waals surface area contributed by atoms with E-state index in [0.717, 1.165) is 23.0 Å². The van der Waals surface area contributed by atoms with Crippen LogP contribution >= 0.6 is 27.5 Å². The van der Waals surface area contributed by atoms with Gasteiger partial charge in [0.1, 0.15) is 0 Å². The Hall–Kier alpha value is -0.580. The summed E-state index contributed by atoms with van der Waals surface area (Å²) in [4.78, 5) is 11.9. The van der Waals surface area contributed by atoms with Gasteiger partial charge in [0, 0.05) is 29.3 Å². The Bertz CT molecular complexity index is 419. The normalized spacial score (nSPS) is 16.8. The number of nitrogens with one attached hydrogen (secondary N) is 1. The van der Waals surface area contributed by atoms with E-state index in [9.17, 15) is 4.79 Å². The molecule has 0 saturated carbocycles. The lowest BCUT2D eigenvalue weighted by Gasteiger charge is -2.21. The van der Waals surface area contributed by atoms with Crippen molar-refractivity contribution in [2.45, 2.75) is 12.8 Å². The first-order chi connectivity index (χ1) is 8.16. The molecule has 0 unspecified atom stereocenters. The van der Waals surface area contributed by atoms with Crippen LogP contribution in [0.15, 0.2) is 22.7 Å². The maximum atomic E-state index is 11.9. The average molecular weight is 319 g/mol. The number of hydrogen-bond acceptors (Lipinski definition) is 2. The Kier molecular flexibility index (Phi) is 4.42. The summed E-state index contributed by atoms with van der Waals surface area (Å²) < 4.78 is 6.01. The third kappa shape index (κ3) is 3.44. The number of benzene rings is 1. The van der Waals surface area contributed by atoms with Crippen LogP contribution in [-0.4, -0.2) is 19.1 Å². The number of hydrogen-bond donors (Lipinski definition) is 1. The van der Waals surface area contributed by atoms with Crippen molar-refractivity contribution in [3.63, 3.8) is 0 Å². The van der Waals surface area contributed by atoms with Gasteiger partial charge in [-0.25, -0.2) is 0 Å². The highest BCUT2D eigenvalue weighted by Crippen LogP contribution is 2.26. The maximum absolute atomic E-state index is 11.9. The van der Waals surface area contributed by atoms with E-state index in [1.807, 2.05) is 0 Å². The number of carbonyl (C=O) groups excluding carboxylic acids is 1. The molecule has 92 valence electrons. The summed E-state index contributed by atoms with van der Waals surface area (Å²) in [6.45, 7) is 1.34. The highest BCUT2D eigenvalue weighted by Gasteiger charge is 2.21. The van der Waals surface area contributed by atoms with E-state index in [4.69, 9.17) is 16.3 Å². The van der Waals surface area contributed by atoms with Crippen LogP contribution in [0.4, 0.5) is 5.69 Å². The molecular weight excluding hydrogens is 305 g/mol. The van der Waals surface area contributed by atoms with Crippen LogP contribution in [0.3, 0.4) is 0 Å². The van der Waals surface area contributed by atoms with Gasteiger partial charge in [-0.1, -0.05) is 11.6 Å². The summed E-state index contributed by atoms with van der Waals surface area (Å²) in [5.41, 5.74) is 0.762. The van der Waals surface area contributed by atoms with E-state index >= 15 is 0 Å². The molecule has 1 heterocycles. The molecule has 0 bridgehead atoms. The molecule has 3 nitrogen and oxygen atoms in total. The molecule has 0 radical (unpaired) electrons. The zero-order valence-electron chi connectivity index (χ0n) is 9.21. The van der Waals surface area contributed by atoms with Gasteiger partial charge >= 0.3 is 0 Å². The Balaban J connectivity index is 1.99. The first-order valence-electron chi connectivity index (χ1n) is 5.50. The van der Waals surface area contributed by atoms with Crippen LogP contribution in [0.2, 0.25) is 5.02 Å². The fraction of sp³-hybridized carbons (Fsp3) is 0.417. The van der Waals surface area contributed by atoms with Gasteiger partial charge in [-0.05, 0) is 47.0 Å². The van der Waals surface area contributed by atoms with E-state index in [1.165, 1.54) is 0 Å². The molecule has 1 saturated heterocycles. The van der Waals surface area contributed by atoms with E-state index < -0.39 is 0 Å². The number of rotatable bonds is 2. The monoisotopic (exact) mass is 317 g/mol. The Morgan fingerprint density at radius 3 is 2.76 bits per heavy atom. The second kappa shape index (κ2) is 5.85. The van der Waals surface area contributed by atoms with Crippen LogP contribution in [0.25, 0.3) is 0 Å². The molecule has 0 aromatic heterocycles. The van der Waals surface area contributed by atoms with Gasteiger partial charge in [0.05, 0.1) is 5.02 Å². The summed E-state index contributed by atoms with van der Waals surface area (Å²) in [7, 11) is 0. The van der Waals surface area contributed by atoms with Gasteiger partial charge in [0.25, 0.3) is 0 Å². The van der Waals surface area contributed by atoms with Crippen LogP contribution in [-0.2, 0) is 9.53 Å². The molecule has 1 N–H and O–H groups in total. The third-order valence-electron chi connectivity index (χ3n) is 2.78. The molecule has 0 aliphatic carbocycles. The molecule has 17 heavy (non-hydrogen) atoms. The van der Waals surface area contributed by atoms with E-state index in [2.05, 4.69) is 21.2 Å². The van der Waals surface area contributed by atoms with Crippen molar-refractivity contribution in [1.29, 1.82) is 0 Å². The van der Waals surface area contributed by atoms with Crippen molar-refractivity contribution in [2.75, 3.05) is 18.5 Å². The highest BCUT2D eigenvalue weighted by atomic mass is 79.9. The molecule has 1 aromatic carbocycles. The average Bonchev–Trinajstić information content (AvgIpc) is 2.35. The van der Waals surface area contributed by atoms with Gasteiger partial charge < -0.3 is 10.1 Å². The minimum atomic E-state index is 0.0539. The molecule has 0 atom stereocenters. The van der Waals surface area contributed by atoms with Crippen LogP contribution < -0.4 is 5.32 Å². The summed E-state index contributed by atoms with van der Waals surface area (Å²) in [5.74, 6) is 0.112. The molecule has 2 rings (SSSR count). The molecule has 0 spiro atoms. The smallest absolute Gasteiger partial charge is 0.227 e. The topological polar surface area (TPSA) is 38.3 Å². The number of carbonyl (C=O) groups is 1. The van der Waals surface area contributed by atoms with Gasteiger partial charge in [-0.2, -0.15) is 0 Å². The van der Waals surface area contributed by atoms with Crippen molar-refractivity contribution in [3.05, 3.63) is 27.7 Å². The van der Waals surface area contributed by atoms with Gasteiger partial charge in [0.15, 0.2) is 0 Å². The van der Waals surface area contributed by atoms with Crippen molar-refractivity contribution in [1.82, 2.24) is 0 Å². The fourth-order valence-corrected chi connectivity index (χ4v) is 2.27. The molecule has 1 aliphatic rings. The van der Waals surface area contributed by atoms with Crippen molar-refractivity contribution in [3.8, 4) is 0 Å². The molecular formula is C12H13BrClNO2. The van der Waals surface area contributed by atoms with Gasteiger partial charge in [-0.15, -0.1) is 0 Å².